The summed E-state index contributed by atoms with van der Waals surface area (Å²) < 4.78 is 5.81. The van der Waals surface area contributed by atoms with Gasteiger partial charge in [0, 0.05) is 6.61 Å². The minimum atomic E-state index is 0.586. The second kappa shape index (κ2) is 9.04. The molecule has 1 aliphatic carbocycles. The molecule has 1 saturated carbocycles. The summed E-state index contributed by atoms with van der Waals surface area (Å²) in [5, 5.41) is 3.71. The van der Waals surface area contributed by atoms with Gasteiger partial charge in [0.15, 0.2) is 0 Å². The molecule has 3 atom stereocenters. The summed E-state index contributed by atoms with van der Waals surface area (Å²) in [5.74, 6) is 2.63. The predicted molar refractivity (Wildman–Crippen MR) is 86.0 cm³/mol. The van der Waals surface area contributed by atoms with Crippen LogP contribution in [0.1, 0.15) is 71.6 Å². The molecule has 2 fully saturated rings. The minimum absolute atomic E-state index is 0.586. The zero-order chi connectivity index (χ0) is 14.2. The Morgan fingerprint density at radius 1 is 0.950 bits per heavy atom. The van der Waals surface area contributed by atoms with Gasteiger partial charge in [-0.3, -0.25) is 0 Å². The molecule has 0 radical (unpaired) electrons. The Bertz CT molecular complexity index is 248. The van der Waals surface area contributed by atoms with Crippen LogP contribution in [0.2, 0.25) is 0 Å². The van der Waals surface area contributed by atoms with Crippen molar-refractivity contribution in [2.75, 3.05) is 19.7 Å². The van der Waals surface area contributed by atoms with Gasteiger partial charge in [0.2, 0.25) is 0 Å². The lowest BCUT2D eigenvalue weighted by atomic mass is 9.83. The SMILES string of the molecule is CC(C)CNCC1CCCCCC1CCC1CCCO1. The number of nitrogens with one attached hydrogen (secondary N) is 1. The molecule has 1 saturated heterocycles. The first-order valence-electron chi connectivity index (χ1n) is 9.08. The van der Waals surface area contributed by atoms with E-state index in [4.69, 9.17) is 4.74 Å². The lowest BCUT2D eigenvalue weighted by Crippen LogP contribution is -2.30. The van der Waals surface area contributed by atoms with Gasteiger partial charge >= 0.3 is 0 Å². The fourth-order valence-corrected chi connectivity index (χ4v) is 3.94. The molecule has 118 valence electrons. The third-order valence-electron chi connectivity index (χ3n) is 5.16. The zero-order valence-electron chi connectivity index (χ0n) is 13.7. The van der Waals surface area contributed by atoms with Crippen LogP contribution in [0.5, 0.6) is 0 Å². The molecule has 0 aromatic carbocycles. The van der Waals surface area contributed by atoms with Crippen molar-refractivity contribution < 1.29 is 4.74 Å². The highest BCUT2D eigenvalue weighted by Crippen LogP contribution is 2.33. The second-order valence-electron chi connectivity index (χ2n) is 7.42. The quantitative estimate of drug-likeness (QED) is 0.699. The number of hydrogen-bond acceptors (Lipinski definition) is 2. The Labute approximate surface area is 126 Å². The summed E-state index contributed by atoms with van der Waals surface area (Å²) in [5.41, 5.74) is 0. The highest BCUT2D eigenvalue weighted by Gasteiger charge is 2.25. The van der Waals surface area contributed by atoms with Crippen molar-refractivity contribution >= 4 is 0 Å². The Morgan fingerprint density at radius 3 is 2.45 bits per heavy atom. The van der Waals surface area contributed by atoms with E-state index in [0.29, 0.717) is 6.10 Å². The summed E-state index contributed by atoms with van der Waals surface area (Å²) in [6.07, 6.45) is 13.2. The fourth-order valence-electron chi connectivity index (χ4n) is 3.94. The molecule has 1 N–H and O–H groups in total. The van der Waals surface area contributed by atoms with E-state index < -0.39 is 0 Å². The fraction of sp³-hybridized carbons (Fsp3) is 1.00. The van der Waals surface area contributed by atoms with E-state index in [-0.39, 0.29) is 0 Å². The normalized spacial score (nSPS) is 31.6. The molecule has 3 unspecified atom stereocenters. The van der Waals surface area contributed by atoms with Crippen molar-refractivity contribution in [3.8, 4) is 0 Å². The van der Waals surface area contributed by atoms with Crippen LogP contribution in [0, 0.1) is 17.8 Å². The van der Waals surface area contributed by atoms with Gasteiger partial charge in [-0.25, -0.2) is 0 Å². The molecular formula is C18H35NO. The highest BCUT2D eigenvalue weighted by molar-refractivity contribution is 4.78. The van der Waals surface area contributed by atoms with Crippen LogP contribution >= 0.6 is 0 Å². The van der Waals surface area contributed by atoms with E-state index in [2.05, 4.69) is 19.2 Å². The maximum Gasteiger partial charge on any atom is 0.0576 e. The van der Waals surface area contributed by atoms with Gasteiger partial charge in [0.05, 0.1) is 6.10 Å². The molecule has 0 bridgehead atoms. The van der Waals surface area contributed by atoms with Crippen molar-refractivity contribution in [2.24, 2.45) is 17.8 Å². The lowest BCUT2D eigenvalue weighted by molar-refractivity contribution is 0.0935. The molecule has 20 heavy (non-hydrogen) atoms. The summed E-state index contributed by atoms with van der Waals surface area (Å²) >= 11 is 0. The van der Waals surface area contributed by atoms with Gasteiger partial charge in [0.25, 0.3) is 0 Å². The van der Waals surface area contributed by atoms with Gasteiger partial charge in [0.1, 0.15) is 0 Å². The molecule has 0 aromatic heterocycles. The van der Waals surface area contributed by atoms with E-state index in [1.165, 1.54) is 70.9 Å². The summed E-state index contributed by atoms with van der Waals surface area (Å²) in [6.45, 7) is 8.03. The maximum atomic E-state index is 5.81. The number of ether oxygens (including phenoxy) is 1. The monoisotopic (exact) mass is 281 g/mol. The van der Waals surface area contributed by atoms with E-state index in [1.54, 1.807) is 0 Å². The lowest BCUT2D eigenvalue weighted by Gasteiger charge is -2.27. The average Bonchev–Trinajstić information content (AvgIpc) is 2.84. The van der Waals surface area contributed by atoms with E-state index in [0.717, 1.165) is 24.4 Å². The number of rotatable bonds is 7. The van der Waals surface area contributed by atoms with Crippen molar-refractivity contribution in [3.63, 3.8) is 0 Å². The Hall–Kier alpha value is -0.0800. The Kier molecular flexibility index (Phi) is 7.37. The molecule has 2 aliphatic rings. The topological polar surface area (TPSA) is 21.3 Å². The van der Waals surface area contributed by atoms with Crippen LogP contribution in [0.3, 0.4) is 0 Å². The maximum absolute atomic E-state index is 5.81. The third kappa shape index (κ3) is 5.73. The van der Waals surface area contributed by atoms with Crippen molar-refractivity contribution in [1.29, 1.82) is 0 Å². The summed E-state index contributed by atoms with van der Waals surface area (Å²) in [6, 6.07) is 0. The molecule has 1 heterocycles. The highest BCUT2D eigenvalue weighted by atomic mass is 16.5. The van der Waals surface area contributed by atoms with Crippen LogP contribution in [0.25, 0.3) is 0 Å². The molecule has 2 nitrogen and oxygen atoms in total. The summed E-state index contributed by atoms with van der Waals surface area (Å²) in [4.78, 5) is 0. The first kappa shape index (κ1) is 16.3. The van der Waals surface area contributed by atoms with Crippen LogP contribution in [-0.2, 0) is 4.74 Å². The van der Waals surface area contributed by atoms with Crippen molar-refractivity contribution in [3.05, 3.63) is 0 Å². The Morgan fingerprint density at radius 2 is 1.75 bits per heavy atom. The van der Waals surface area contributed by atoms with E-state index in [9.17, 15) is 0 Å². The van der Waals surface area contributed by atoms with E-state index in [1.807, 2.05) is 0 Å². The van der Waals surface area contributed by atoms with E-state index >= 15 is 0 Å². The van der Waals surface area contributed by atoms with Crippen molar-refractivity contribution in [1.82, 2.24) is 5.32 Å². The first-order valence-corrected chi connectivity index (χ1v) is 9.08. The molecule has 0 amide bonds. The molecule has 0 aromatic rings. The standard InChI is InChI=1S/C18H35NO/c1-15(2)13-19-14-17-8-5-3-4-7-16(17)10-11-18-9-6-12-20-18/h15-19H,3-14H2,1-2H3. The smallest absolute Gasteiger partial charge is 0.0576 e. The molecular weight excluding hydrogens is 246 g/mol. The molecule has 2 rings (SSSR count). The summed E-state index contributed by atoms with van der Waals surface area (Å²) in [7, 11) is 0. The van der Waals surface area contributed by atoms with Crippen LogP contribution in [0.15, 0.2) is 0 Å². The largest absolute Gasteiger partial charge is 0.378 e. The van der Waals surface area contributed by atoms with Gasteiger partial charge in [-0.05, 0) is 62.9 Å². The van der Waals surface area contributed by atoms with Gasteiger partial charge in [-0.2, -0.15) is 0 Å². The second-order valence-corrected chi connectivity index (χ2v) is 7.42. The minimum Gasteiger partial charge on any atom is -0.378 e. The van der Waals surface area contributed by atoms with Crippen LogP contribution in [-0.4, -0.2) is 25.8 Å². The van der Waals surface area contributed by atoms with Gasteiger partial charge < -0.3 is 10.1 Å². The van der Waals surface area contributed by atoms with Crippen LogP contribution < -0.4 is 5.32 Å². The van der Waals surface area contributed by atoms with Crippen molar-refractivity contribution in [2.45, 2.75) is 77.7 Å². The van der Waals surface area contributed by atoms with Gasteiger partial charge in [-0.1, -0.05) is 39.5 Å². The molecule has 1 aliphatic heterocycles. The predicted octanol–water partition coefficient (Wildman–Crippen LogP) is 4.39. The molecule has 2 heteroatoms. The third-order valence-corrected chi connectivity index (χ3v) is 5.16. The molecule has 0 spiro atoms. The average molecular weight is 281 g/mol. The number of hydrogen-bond donors (Lipinski definition) is 1. The van der Waals surface area contributed by atoms with Gasteiger partial charge in [-0.15, -0.1) is 0 Å². The van der Waals surface area contributed by atoms with Crippen LogP contribution in [0.4, 0.5) is 0 Å². The zero-order valence-corrected chi connectivity index (χ0v) is 13.7. The first-order chi connectivity index (χ1) is 9.75. The Balaban J connectivity index is 1.74.